The molecular weight excluding hydrogens is 258 g/mol. The fourth-order valence-corrected chi connectivity index (χ4v) is 3.40. The van der Waals surface area contributed by atoms with Gasteiger partial charge in [-0.15, -0.1) is 0 Å². The smallest absolute Gasteiger partial charge is 0.0447 e. The Morgan fingerprint density at radius 2 is 2.00 bits per heavy atom. The van der Waals surface area contributed by atoms with Gasteiger partial charge in [0.1, 0.15) is 0 Å². The van der Waals surface area contributed by atoms with E-state index in [0.717, 1.165) is 31.4 Å². The van der Waals surface area contributed by atoms with Gasteiger partial charge in [-0.05, 0) is 45.7 Å². The van der Waals surface area contributed by atoms with Crippen LogP contribution in [0.15, 0.2) is 12.3 Å². The molecule has 3 nitrogen and oxygen atoms in total. The highest BCUT2D eigenvalue weighted by Gasteiger charge is 2.22. The first-order chi connectivity index (χ1) is 10.3. The fraction of sp³-hybridized carbons (Fsp3) is 0.722. The second-order valence-corrected chi connectivity index (χ2v) is 6.21. The number of aryl methyl sites for hydroxylation is 1. The van der Waals surface area contributed by atoms with E-state index < -0.39 is 0 Å². The number of nitrogens with one attached hydrogen (secondary N) is 1. The maximum absolute atomic E-state index is 4.51. The van der Waals surface area contributed by atoms with E-state index in [-0.39, 0.29) is 0 Å². The van der Waals surface area contributed by atoms with Crippen molar-refractivity contribution in [2.24, 2.45) is 0 Å². The molecule has 0 bridgehead atoms. The monoisotopic (exact) mass is 289 g/mol. The van der Waals surface area contributed by atoms with Crippen LogP contribution in [-0.2, 0) is 6.54 Å². The van der Waals surface area contributed by atoms with Gasteiger partial charge in [0, 0.05) is 42.3 Å². The molecule has 1 fully saturated rings. The van der Waals surface area contributed by atoms with Crippen LogP contribution in [0.2, 0.25) is 0 Å². The molecule has 118 valence electrons. The minimum absolute atomic E-state index is 0.718. The lowest BCUT2D eigenvalue weighted by molar-refractivity contribution is 0.417. The van der Waals surface area contributed by atoms with E-state index in [4.69, 9.17) is 0 Å². The number of nitrogens with zero attached hydrogens (tertiary/aromatic N) is 2. The van der Waals surface area contributed by atoms with E-state index in [1.54, 1.807) is 0 Å². The molecule has 21 heavy (non-hydrogen) atoms. The lowest BCUT2D eigenvalue weighted by Crippen LogP contribution is -2.37. The van der Waals surface area contributed by atoms with Crippen molar-refractivity contribution < 1.29 is 0 Å². The van der Waals surface area contributed by atoms with Crippen molar-refractivity contribution in [2.75, 3.05) is 18.0 Å². The number of rotatable bonds is 7. The minimum Gasteiger partial charge on any atom is -0.368 e. The summed E-state index contributed by atoms with van der Waals surface area (Å²) in [5.41, 5.74) is 3.88. The van der Waals surface area contributed by atoms with Gasteiger partial charge in [-0.1, -0.05) is 26.2 Å². The third kappa shape index (κ3) is 4.44. The van der Waals surface area contributed by atoms with Gasteiger partial charge >= 0.3 is 0 Å². The molecule has 3 heteroatoms. The molecule has 0 spiro atoms. The van der Waals surface area contributed by atoms with Crippen LogP contribution >= 0.6 is 0 Å². The molecule has 0 aliphatic heterocycles. The van der Waals surface area contributed by atoms with Crippen molar-refractivity contribution in [1.82, 2.24) is 10.3 Å². The van der Waals surface area contributed by atoms with Gasteiger partial charge < -0.3 is 10.2 Å². The highest BCUT2D eigenvalue weighted by atomic mass is 15.2. The Labute approximate surface area is 130 Å². The van der Waals surface area contributed by atoms with Gasteiger partial charge in [-0.2, -0.15) is 0 Å². The average molecular weight is 289 g/mol. The van der Waals surface area contributed by atoms with E-state index in [1.165, 1.54) is 49.8 Å². The van der Waals surface area contributed by atoms with Gasteiger partial charge in [-0.3, -0.25) is 4.98 Å². The van der Waals surface area contributed by atoms with E-state index in [2.05, 4.69) is 48.2 Å². The van der Waals surface area contributed by atoms with Crippen molar-refractivity contribution in [3.63, 3.8) is 0 Å². The largest absolute Gasteiger partial charge is 0.368 e. The zero-order valence-corrected chi connectivity index (χ0v) is 14.0. The summed E-state index contributed by atoms with van der Waals surface area (Å²) in [5.74, 6) is 0. The van der Waals surface area contributed by atoms with Crippen LogP contribution in [0.25, 0.3) is 0 Å². The molecule has 2 rings (SSSR count). The third-order valence-corrected chi connectivity index (χ3v) is 4.51. The topological polar surface area (TPSA) is 28.2 Å². The quantitative estimate of drug-likeness (QED) is 0.768. The van der Waals surface area contributed by atoms with Crippen LogP contribution < -0.4 is 10.2 Å². The fourth-order valence-electron chi connectivity index (χ4n) is 3.40. The molecule has 1 saturated carbocycles. The predicted molar refractivity (Wildman–Crippen MR) is 90.9 cm³/mol. The van der Waals surface area contributed by atoms with E-state index in [9.17, 15) is 0 Å². The summed E-state index contributed by atoms with van der Waals surface area (Å²) < 4.78 is 0. The molecule has 1 N–H and O–H groups in total. The number of anilines is 1. The molecule has 0 atom stereocenters. The van der Waals surface area contributed by atoms with Crippen molar-refractivity contribution in [3.8, 4) is 0 Å². The van der Waals surface area contributed by atoms with Gasteiger partial charge in [-0.25, -0.2) is 0 Å². The third-order valence-electron chi connectivity index (χ3n) is 4.51. The van der Waals surface area contributed by atoms with Crippen LogP contribution in [0, 0.1) is 6.92 Å². The summed E-state index contributed by atoms with van der Waals surface area (Å²) in [6.45, 7) is 9.69. The number of hydrogen-bond donors (Lipinski definition) is 1. The lowest BCUT2D eigenvalue weighted by atomic mass is 9.93. The predicted octanol–water partition coefficient (Wildman–Crippen LogP) is 4.05. The van der Waals surface area contributed by atoms with Crippen molar-refractivity contribution in [2.45, 2.75) is 71.9 Å². The molecule has 1 aliphatic carbocycles. The summed E-state index contributed by atoms with van der Waals surface area (Å²) >= 11 is 0. The maximum Gasteiger partial charge on any atom is 0.0447 e. The summed E-state index contributed by atoms with van der Waals surface area (Å²) in [6, 6.07) is 3.00. The molecule has 1 aromatic rings. The van der Waals surface area contributed by atoms with Gasteiger partial charge in [0.2, 0.25) is 0 Å². The zero-order valence-electron chi connectivity index (χ0n) is 14.0. The first kappa shape index (κ1) is 16.3. The maximum atomic E-state index is 4.51. The van der Waals surface area contributed by atoms with Crippen molar-refractivity contribution in [1.29, 1.82) is 0 Å². The van der Waals surface area contributed by atoms with Gasteiger partial charge in [0.05, 0.1) is 0 Å². The molecule has 0 radical (unpaired) electrons. The van der Waals surface area contributed by atoms with Gasteiger partial charge in [0.15, 0.2) is 0 Å². The molecule has 0 saturated heterocycles. The molecular formula is C18H31N3. The highest BCUT2D eigenvalue weighted by Crippen LogP contribution is 2.29. The Hall–Kier alpha value is -1.09. The minimum atomic E-state index is 0.718. The van der Waals surface area contributed by atoms with E-state index in [0.29, 0.717) is 0 Å². The van der Waals surface area contributed by atoms with Crippen molar-refractivity contribution in [3.05, 3.63) is 23.5 Å². The number of hydrogen-bond acceptors (Lipinski definition) is 3. The second kappa shape index (κ2) is 8.38. The molecule has 0 unspecified atom stereocenters. The first-order valence-corrected chi connectivity index (χ1v) is 8.69. The summed E-state index contributed by atoms with van der Waals surface area (Å²) in [4.78, 5) is 7.14. The van der Waals surface area contributed by atoms with E-state index in [1.807, 2.05) is 0 Å². The van der Waals surface area contributed by atoms with Crippen molar-refractivity contribution >= 4 is 5.69 Å². The molecule has 1 heterocycles. The Balaban J connectivity index is 2.18. The lowest BCUT2D eigenvalue weighted by Gasteiger charge is -2.36. The number of aromatic nitrogens is 1. The standard InChI is InChI=1S/C18H31N3/c1-4-11-19-13-16-14-20-15(3)12-18(16)21(5-2)17-9-7-6-8-10-17/h12,14,17,19H,4-11,13H2,1-3H3. The molecule has 0 amide bonds. The molecule has 0 aromatic carbocycles. The summed E-state index contributed by atoms with van der Waals surface area (Å²) in [5, 5.41) is 3.53. The van der Waals surface area contributed by atoms with E-state index >= 15 is 0 Å². The van der Waals surface area contributed by atoms with Crippen LogP contribution in [0.4, 0.5) is 5.69 Å². The molecule has 1 aromatic heterocycles. The van der Waals surface area contributed by atoms with Crippen LogP contribution in [0.3, 0.4) is 0 Å². The van der Waals surface area contributed by atoms with Crippen LogP contribution in [0.5, 0.6) is 0 Å². The zero-order chi connectivity index (χ0) is 15.1. The Bertz CT molecular complexity index is 424. The summed E-state index contributed by atoms with van der Waals surface area (Å²) in [6.07, 6.45) is 10.1. The summed E-state index contributed by atoms with van der Waals surface area (Å²) in [7, 11) is 0. The number of pyridine rings is 1. The Morgan fingerprint density at radius 3 is 2.67 bits per heavy atom. The molecule has 1 aliphatic rings. The normalized spacial score (nSPS) is 16.1. The van der Waals surface area contributed by atoms with Gasteiger partial charge in [0.25, 0.3) is 0 Å². The average Bonchev–Trinajstić information content (AvgIpc) is 2.51. The SMILES string of the molecule is CCCNCc1cnc(C)cc1N(CC)C1CCCCC1. The first-order valence-electron chi connectivity index (χ1n) is 8.69. The van der Waals surface area contributed by atoms with Crippen LogP contribution in [-0.4, -0.2) is 24.1 Å². The Morgan fingerprint density at radius 1 is 1.24 bits per heavy atom. The second-order valence-electron chi connectivity index (χ2n) is 6.21. The van der Waals surface area contributed by atoms with Crippen LogP contribution in [0.1, 0.15) is 63.6 Å². The highest BCUT2D eigenvalue weighted by molar-refractivity contribution is 5.54. The Kier molecular flexibility index (Phi) is 6.50.